The first-order chi connectivity index (χ1) is 12.2. The maximum absolute atomic E-state index is 15.2. The van der Waals surface area contributed by atoms with Crippen LogP contribution >= 0.6 is 0 Å². The van der Waals surface area contributed by atoms with Crippen molar-refractivity contribution in [2.24, 2.45) is 0 Å². The number of rotatable bonds is 4. The maximum Gasteiger partial charge on any atom is 0.137 e. The van der Waals surface area contributed by atoms with E-state index in [1.54, 1.807) is 48.5 Å². The van der Waals surface area contributed by atoms with Crippen molar-refractivity contribution < 1.29 is 4.39 Å². The van der Waals surface area contributed by atoms with E-state index in [0.717, 1.165) is 0 Å². The first-order valence-corrected chi connectivity index (χ1v) is 7.43. The number of nitriles is 2. The lowest BCUT2D eigenvalue weighted by molar-refractivity contribution is 0.695. The van der Waals surface area contributed by atoms with Gasteiger partial charge in [-0.15, -0.1) is 0 Å². The average molecular weight is 329 g/mol. The number of halogens is 1. The number of allylic oxidation sites excluding steroid dienone is 1. The fourth-order valence-corrected chi connectivity index (χ4v) is 2.38. The maximum atomic E-state index is 15.2. The Kier molecular flexibility index (Phi) is 4.64. The summed E-state index contributed by atoms with van der Waals surface area (Å²) in [6.07, 6.45) is 2.89. The van der Waals surface area contributed by atoms with Gasteiger partial charge in [0.25, 0.3) is 0 Å². The molecule has 3 aromatic rings. The summed E-state index contributed by atoms with van der Waals surface area (Å²) in [5, 5.41) is 21.8. The predicted octanol–water partition coefficient (Wildman–Crippen LogP) is 3.56. The van der Waals surface area contributed by atoms with Crippen LogP contribution in [0.1, 0.15) is 22.3 Å². The molecular formula is C19H12FN5. The standard InChI is InChI=1S/C19H12FN5/c20-19(17-7-3-15(10-22)4-8-17)18(11-25-13-23-12-24-25)16-5-1-14(9-21)2-6-16/h1-8,12-13H,11H2/b19-18-. The quantitative estimate of drug-likeness (QED) is 0.686. The van der Waals surface area contributed by atoms with Crippen molar-refractivity contribution in [1.82, 2.24) is 14.8 Å². The van der Waals surface area contributed by atoms with E-state index in [0.29, 0.717) is 27.8 Å². The Bertz CT molecular complexity index is 972. The van der Waals surface area contributed by atoms with Crippen LogP contribution in [0, 0.1) is 22.7 Å². The molecule has 120 valence electrons. The molecule has 0 spiro atoms. The Balaban J connectivity index is 2.07. The molecule has 0 aliphatic carbocycles. The highest BCUT2D eigenvalue weighted by Crippen LogP contribution is 2.29. The van der Waals surface area contributed by atoms with Gasteiger partial charge < -0.3 is 0 Å². The average Bonchev–Trinajstić information content (AvgIpc) is 3.19. The van der Waals surface area contributed by atoms with Crippen LogP contribution in [0.5, 0.6) is 0 Å². The van der Waals surface area contributed by atoms with E-state index in [1.165, 1.54) is 17.3 Å². The summed E-state index contributed by atoms with van der Waals surface area (Å²) >= 11 is 0. The number of aromatic nitrogens is 3. The molecule has 0 unspecified atom stereocenters. The fourth-order valence-electron chi connectivity index (χ4n) is 2.38. The van der Waals surface area contributed by atoms with E-state index in [4.69, 9.17) is 10.5 Å². The Labute approximate surface area is 143 Å². The summed E-state index contributed by atoms with van der Waals surface area (Å²) in [6, 6.07) is 17.0. The minimum absolute atomic E-state index is 0.192. The van der Waals surface area contributed by atoms with Crippen LogP contribution in [0.15, 0.2) is 61.2 Å². The minimum atomic E-state index is -0.412. The van der Waals surface area contributed by atoms with Gasteiger partial charge in [-0.05, 0) is 29.8 Å². The molecule has 0 fully saturated rings. The second-order valence-corrected chi connectivity index (χ2v) is 5.26. The Morgan fingerprint density at radius 2 is 1.48 bits per heavy atom. The van der Waals surface area contributed by atoms with Gasteiger partial charge in [-0.1, -0.05) is 24.3 Å². The van der Waals surface area contributed by atoms with Gasteiger partial charge in [0, 0.05) is 11.1 Å². The zero-order chi connectivity index (χ0) is 17.6. The van der Waals surface area contributed by atoms with Gasteiger partial charge in [0.15, 0.2) is 0 Å². The molecular weight excluding hydrogens is 317 g/mol. The topological polar surface area (TPSA) is 78.3 Å². The van der Waals surface area contributed by atoms with Crippen LogP contribution in [0.4, 0.5) is 4.39 Å². The first-order valence-electron chi connectivity index (χ1n) is 7.43. The third kappa shape index (κ3) is 3.60. The van der Waals surface area contributed by atoms with E-state index in [-0.39, 0.29) is 6.54 Å². The van der Waals surface area contributed by atoms with Crippen LogP contribution in [-0.4, -0.2) is 14.8 Å². The molecule has 2 aromatic carbocycles. The molecule has 3 rings (SSSR count). The minimum Gasteiger partial charge on any atom is -0.248 e. The van der Waals surface area contributed by atoms with Crippen molar-refractivity contribution in [3.63, 3.8) is 0 Å². The van der Waals surface area contributed by atoms with Gasteiger partial charge in [0.05, 0.1) is 29.8 Å². The van der Waals surface area contributed by atoms with E-state index >= 15 is 4.39 Å². The van der Waals surface area contributed by atoms with Crippen LogP contribution < -0.4 is 0 Å². The number of hydrogen-bond donors (Lipinski definition) is 0. The molecule has 25 heavy (non-hydrogen) atoms. The molecule has 1 heterocycles. The van der Waals surface area contributed by atoms with Crippen LogP contribution in [0.2, 0.25) is 0 Å². The summed E-state index contributed by atoms with van der Waals surface area (Å²) in [5.41, 5.74) is 2.41. The van der Waals surface area contributed by atoms with E-state index in [2.05, 4.69) is 10.1 Å². The lowest BCUT2D eigenvalue weighted by atomic mass is 10.00. The lowest BCUT2D eigenvalue weighted by Gasteiger charge is -2.11. The van der Waals surface area contributed by atoms with Crippen molar-refractivity contribution in [1.29, 1.82) is 10.5 Å². The molecule has 0 saturated carbocycles. The highest BCUT2D eigenvalue weighted by atomic mass is 19.1. The zero-order valence-electron chi connectivity index (χ0n) is 13.1. The molecule has 0 aliphatic heterocycles. The van der Waals surface area contributed by atoms with Crippen molar-refractivity contribution in [2.75, 3.05) is 0 Å². The second-order valence-electron chi connectivity index (χ2n) is 5.26. The Hall–Kier alpha value is -3.77. The third-order valence-electron chi connectivity index (χ3n) is 3.68. The normalized spacial score (nSPS) is 11.3. The third-order valence-corrected chi connectivity index (χ3v) is 3.68. The van der Waals surface area contributed by atoms with Crippen LogP contribution in [-0.2, 0) is 6.54 Å². The summed E-state index contributed by atoms with van der Waals surface area (Å²) in [5.74, 6) is -0.412. The largest absolute Gasteiger partial charge is 0.248 e. The van der Waals surface area contributed by atoms with Crippen LogP contribution in [0.3, 0.4) is 0 Å². The zero-order valence-corrected chi connectivity index (χ0v) is 13.1. The van der Waals surface area contributed by atoms with Gasteiger partial charge in [0.1, 0.15) is 18.5 Å². The smallest absolute Gasteiger partial charge is 0.137 e. The SMILES string of the molecule is N#Cc1ccc(/C(F)=C(\Cn2cncn2)c2ccc(C#N)cc2)cc1. The van der Waals surface area contributed by atoms with Gasteiger partial charge in [-0.3, -0.25) is 0 Å². The van der Waals surface area contributed by atoms with Crippen molar-refractivity contribution in [3.8, 4) is 12.1 Å². The van der Waals surface area contributed by atoms with Crippen molar-refractivity contribution in [2.45, 2.75) is 6.54 Å². The molecule has 0 atom stereocenters. The molecule has 0 N–H and O–H groups in total. The van der Waals surface area contributed by atoms with Gasteiger partial charge >= 0.3 is 0 Å². The van der Waals surface area contributed by atoms with Crippen molar-refractivity contribution in [3.05, 3.63) is 83.4 Å². The monoisotopic (exact) mass is 329 g/mol. The molecule has 6 heteroatoms. The highest BCUT2D eigenvalue weighted by Gasteiger charge is 2.13. The Morgan fingerprint density at radius 3 is 1.96 bits per heavy atom. The molecule has 0 amide bonds. The van der Waals surface area contributed by atoms with Crippen molar-refractivity contribution >= 4 is 11.4 Å². The summed E-state index contributed by atoms with van der Waals surface area (Å²) in [7, 11) is 0. The number of hydrogen-bond acceptors (Lipinski definition) is 4. The van der Waals surface area contributed by atoms with Gasteiger partial charge in [-0.25, -0.2) is 14.1 Å². The molecule has 0 radical (unpaired) electrons. The highest BCUT2D eigenvalue weighted by molar-refractivity contribution is 5.87. The van der Waals surface area contributed by atoms with E-state index in [9.17, 15) is 0 Å². The number of benzene rings is 2. The van der Waals surface area contributed by atoms with Gasteiger partial charge in [0.2, 0.25) is 0 Å². The molecule has 0 bridgehead atoms. The second kappa shape index (κ2) is 7.20. The Morgan fingerprint density at radius 1 is 0.920 bits per heavy atom. The summed E-state index contributed by atoms with van der Waals surface area (Å²) < 4.78 is 16.7. The summed E-state index contributed by atoms with van der Waals surface area (Å²) in [4.78, 5) is 3.88. The molecule has 5 nitrogen and oxygen atoms in total. The van der Waals surface area contributed by atoms with Gasteiger partial charge in [-0.2, -0.15) is 15.6 Å². The number of nitrogens with zero attached hydrogens (tertiary/aromatic N) is 5. The molecule has 0 saturated heterocycles. The van der Waals surface area contributed by atoms with E-state index in [1.807, 2.05) is 12.1 Å². The van der Waals surface area contributed by atoms with E-state index < -0.39 is 5.83 Å². The summed E-state index contributed by atoms with van der Waals surface area (Å²) in [6.45, 7) is 0.192. The molecule has 0 aliphatic rings. The molecule has 1 aromatic heterocycles. The fraction of sp³-hybridized carbons (Fsp3) is 0.0526. The first kappa shape index (κ1) is 16.1. The lowest BCUT2D eigenvalue weighted by Crippen LogP contribution is -2.03. The van der Waals surface area contributed by atoms with Crippen LogP contribution in [0.25, 0.3) is 11.4 Å². The predicted molar refractivity (Wildman–Crippen MR) is 90.3 cm³/mol.